The van der Waals surface area contributed by atoms with Gasteiger partial charge in [-0.3, -0.25) is 9.48 Å². The lowest BCUT2D eigenvalue weighted by Gasteiger charge is -2.52. The molecule has 0 unspecified atom stereocenters. The van der Waals surface area contributed by atoms with Gasteiger partial charge in [-0.05, 0) is 38.7 Å². The van der Waals surface area contributed by atoms with Gasteiger partial charge >= 0.3 is 0 Å². The van der Waals surface area contributed by atoms with Crippen molar-refractivity contribution in [3.8, 4) is 0 Å². The van der Waals surface area contributed by atoms with Gasteiger partial charge in [0.05, 0.1) is 17.4 Å². The first-order valence-corrected chi connectivity index (χ1v) is 10.1. The molecule has 0 spiro atoms. The number of hydrogen-bond acceptors (Lipinski definition) is 3. The molecule has 1 aromatic heterocycles. The van der Waals surface area contributed by atoms with Gasteiger partial charge in [-0.1, -0.05) is 43.2 Å². The van der Waals surface area contributed by atoms with E-state index in [0.29, 0.717) is 18.5 Å². The highest BCUT2D eigenvalue weighted by molar-refractivity contribution is 5.94. The predicted octanol–water partition coefficient (Wildman–Crippen LogP) is 3.76. The molecular weight excluding hydrogens is 338 g/mol. The van der Waals surface area contributed by atoms with E-state index < -0.39 is 5.60 Å². The van der Waals surface area contributed by atoms with E-state index in [0.717, 1.165) is 31.2 Å². The molecule has 5 nitrogen and oxygen atoms in total. The Hall–Kier alpha value is -2.14. The van der Waals surface area contributed by atoms with E-state index >= 15 is 0 Å². The van der Waals surface area contributed by atoms with Gasteiger partial charge in [-0.25, -0.2) is 0 Å². The first-order chi connectivity index (χ1) is 13.0. The average molecular weight is 367 g/mol. The van der Waals surface area contributed by atoms with Crippen molar-refractivity contribution in [2.75, 3.05) is 6.54 Å². The van der Waals surface area contributed by atoms with Crippen LogP contribution in [0.2, 0.25) is 0 Å². The van der Waals surface area contributed by atoms with Crippen molar-refractivity contribution in [3.05, 3.63) is 53.9 Å². The molecule has 1 N–H and O–H groups in total. The lowest BCUT2D eigenvalue weighted by Crippen LogP contribution is -2.58. The normalized spacial score (nSPS) is 28.2. The second-order valence-electron chi connectivity index (χ2n) is 8.30. The fourth-order valence-corrected chi connectivity index (χ4v) is 4.92. The molecule has 1 aliphatic carbocycles. The Morgan fingerprint density at radius 2 is 1.96 bits per heavy atom. The van der Waals surface area contributed by atoms with Crippen LogP contribution in [-0.2, 0) is 5.60 Å². The number of aliphatic hydroxyl groups is 1. The van der Waals surface area contributed by atoms with Gasteiger partial charge in [0.25, 0.3) is 5.91 Å². The maximum absolute atomic E-state index is 13.2. The van der Waals surface area contributed by atoms with Crippen LogP contribution >= 0.6 is 0 Å². The molecule has 2 aromatic rings. The number of amides is 1. The third kappa shape index (κ3) is 3.18. The number of fused-ring (bicyclic) bond motifs is 1. The van der Waals surface area contributed by atoms with Gasteiger partial charge in [0.15, 0.2) is 0 Å². The monoisotopic (exact) mass is 367 g/mol. The first kappa shape index (κ1) is 18.2. The Balaban J connectivity index is 1.62. The summed E-state index contributed by atoms with van der Waals surface area (Å²) < 4.78 is 1.83. The van der Waals surface area contributed by atoms with Gasteiger partial charge in [-0.15, -0.1) is 0 Å². The summed E-state index contributed by atoms with van der Waals surface area (Å²) in [6.07, 6.45) is 8.27. The van der Waals surface area contributed by atoms with Crippen molar-refractivity contribution in [1.82, 2.24) is 14.7 Å². The van der Waals surface area contributed by atoms with Crippen molar-refractivity contribution in [1.29, 1.82) is 0 Å². The van der Waals surface area contributed by atoms with Crippen LogP contribution in [0.5, 0.6) is 0 Å². The summed E-state index contributed by atoms with van der Waals surface area (Å²) in [5, 5.41) is 16.0. The Morgan fingerprint density at radius 3 is 2.67 bits per heavy atom. The smallest absolute Gasteiger partial charge is 0.257 e. The van der Waals surface area contributed by atoms with Gasteiger partial charge < -0.3 is 10.0 Å². The maximum Gasteiger partial charge on any atom is 0.257 e. The number of carbonyl (C=O) groups excluding carboxylic acids is 1. The summed E-state index contributed by atoms with van der Waals surface area (Å²) in [4.78, 5) is 15.2. The zero-order valence-electron chi connectivity index (χ0n) is 16.2. The first-order valence-electron chi connectivity index (χ1n) is 10.1. The minimum atomic E-state index is -0.842. The zero-order valence-corrected chi connectivity index (χ0v) is 16.2. The van der Waals surface area contributed by atoms with E-state index in [1.807, 2.05) is 46.1 Å². The summed E-state index contributed by atoms with van der Waals surface area (Å²) in [5.74, 6) is 0.139. The van der Waals surface area contributed by atoms with Crippen LogP contribution in [0, 0.1) is 5.92 Å². The molecule has 4 rings (SSSR count). The molecule has 1 aromatic carbocycles. The van der Waals surface area contributed by atoms with E-state index in [1.165, 1.54) is 0 Å². The largest absolute Gasteiger partial charge is 0.385 e. The molecule has 3 atom stereocenters. The van der Waals surface area contributed by atoms with Crippen LogP contribution in [-0.4, -0.2) is 38.3 Å². The van der Waals surface area contributed by atoms with Crippen molar-refractivity contribution in [3.63, 3.8) is 0 Å². The van der Waals surface area contributed by atoms with Gasteiger partial charge in [0.2, 0.25) is 0 Å². The summed E-state index contributed by atoms with van der Waals surface area (Å²) in [6, 6.07) is 10.3. The van der Waals surface area contributed by atoms with Gasteiger partial charge in [-0.2, -0.15) is 5.10 Å². The van der Waals surface area contributed by atoms with Crippen molar-refractivity contribution in [2.45, 2.75) is 63.6 Å². The Morgan fingerprint density at radius 1 is 1.22 bits per heavy atom. The summed E-state index contributed by atoms with van der Waals surface area (Å²) in [5.41, 5.74) is 0.797. The lowest BCUT2D eigenvalue weighted by molar-refractivity contribution is -0.110. The van der Waals surface area contributed by atoms with Crippen LogP contribution in [0.15, 0.2) is 42.7 Å². The maximum atomic E-state index is 13.2. The molecule has 1 saturated carbocycles. The molecule has 2 aliphatic rings. The number of likely N-dealkylation sites (tertiary alicyclic amines) is 1. The van der Waals surface area contributed by atoms with Crippen molar-refractivity contribution >= 4 is 5.91 Å². The van der Waals surface area contributed by atoms with E-state index in [4.69, 9.17) is 0 Å². The zero-order chi connectivity index (χ0) is 19.0. The Bertz CT molecular complexity index is 801. The summed E-state index contributed by atoms with van der Waals surface area (Å²) >= 11 is 0. The highest BCUT2D eigenvalue weighted by Crippen LogP contribution is 2.47. The van der Waals surface area contributed by atoms with E-state index in [-0.39, 0.29) is 23.9 Å². The molecule has 2 heterocycles. The minimum absolute atomic E-state index is 0.0499. The third-order valence-electron chi connectivity index (χ3n) is 6.39. The summed E-state index contributed by atoms with van der Waals surface area (Å²) in [6.45, 7) is 4.69. The van der Waals surface area contributed by atoms with Crippen molar-refractivity contribution < 1.29 is 9.90 Å². The highest BCUT2D eigenvalue weighted by Gasteiger charge is 2.50. The molecule has 0 bridgehead atoms. The number of carbonyl (C=O) groups is 1. The number of aromatic nitrogens is 2. The number of rotatable bonds is 3. The molecule has 2 fully saturated rings. The Kier molecular flexibility index (Phi) is 4.81. The van der Waals surface area contributed by atoms with E-state index in [9.17, 15) is 9.90 Å². The lowest BCUT2D eigenvalue weighted by atomic mass is 9.66. The molecule has 1 saturated heterocycles. The highest BCUT2D eigenvalue weighted by atomic mass is 16.3. The molecule has 0 radical (unpaired) electrons. The summed E-state index contributed by atoms with van der Waals surface area (Å²) in [7, 11) is 0. The minimum Gasteiger partial charge on any atom is -0.385 e. The molecule has 5 heteroatoms. The average Bonchev–Trinajstić information content (AvgIpc) is 3.19. The van der Waals surface area contributed by atoms with Gasteiger partial charge in [0, 0.05) is 30.7 Å². The molecular formula is C22H29N3O2. The number of nitrogens with zero attached hydrogens (tertiary/aromatic N) is 3. The second kappa shape index (κ2) is 7.12. The molecule has 27 heavy (non-hydrogen) atoms. The molecule has 144 valence electrons. The standard InChI is InChI=1S/C22H29N3O2/c1-16(2)25-15-17(14-23-25)21(26)24-13-12-22(27,18-8-4-3-5-9-18)19-10-6-7-11-20(19)24/h3-5,8-9,14-16,19-20,27H,6-7,10-13H2,1-2H3/t19-,20-,22+/m1/s1. The predicted molar refractivity (Wildman–Crippen MR) is 104 cm³/mol. The topological polar surface area (TPSA) is 58.4 Å². The van der Waals surface area contributed by atoms with Crippen LogP contribution in [0.25, 0.3) is 0 Å². The molecule has 1 aliphatic heterocycles. The van der Waals surface area contributed by atoms with Crippen LogP contribution < -0.4 is 0 Å². The van der Waals surface area contributed by atoms with Crippen molar-refractivity contribution in [2.24, 2.45) is 5.92 Å². The van der Waals surface area contributed by atoms with Crippen LogP contribution in [0.1, 0.15) is 67.9 Å². The van der Waals surface area contributed by atoms with E-state index in [1.54, 1.807) is 6.20 Å². The SMILES string of the molecule is CC(C)n1cc(C(=O)N2CC[C@](O)(c3ccccc3)[C@@H]3CCCC[C@H]32)cn1. The van der Waals surface area contributed by atoms with Crippen LogP contribution in [0.4, 0.5) is 0 Å². The quantitative estimate of drug-likeness (QED) is 0.899. The fraction of sp³-hybridized carbons (Fsp3) is 0.545. The number of benzene rings is 1. The number of piperidine rings is 1. The van der Waals surface area contributed by atoms with Crippen LogP contribution in [0.3, 0.4) is 0 Å². The fourth-order valence-electron chi connectivity index (χ4n) is 4.92. The number of hydrogen-bond donors (Lipinski definition) is 1. The second-order valence-corrected chi connectivity index (χ2v) is 8.30. The third-order valence-corrected chi connectivity index (χ3v) is 6.39. The molecule has 1 amide bonds. The Labute approximate surface area is 161 Å². The van der Waals surface area contributed by atoms with Gasteiger partial charge in [0.1, 0.15) is 0 Å². The van der Waals surface area contributed by atoms with E-state index in [2.05, 4.69) is 18.9 Å².